The second-order valence-corrected chi connectivity index (χ2v) is 47.7. The Morgan fingerprint density at radius 3 is 1.51 bits per heavy atom. The number of hydrogen-bond donors (Lipinski definition) is 0. The Labute approximate surface area is 307 Å². The molecule has 2 aromatic carbocycles. The molecule has 2 aliphatic heterocycles. The van der Waals surface area contributed by atoms with E-state index in [1.165, 1.54) is 55.8 Å². The van der Waals surface area contributed by atoms with Gasteiger partial charge in [-0.3, -0.25) is 4.90 Å². The van der Waals surface area contributed by atoms with Gasteiger partial charge in [0.2, 0.25) is 0 Å². The molecule has 0 spiro atoms. The van der Waals surface area contributed by atoms with Gasteiger partial charge in [-0.25, -0.2) is 0 Å². The summed E-state index contributed by atoms with van der Waals surface area (Å²) in [7, 11) is 4.51. The standard InChI is InChI=1S/C11H16NS2.C7H7Cl.C4H9NS2.CH3I.CH4.ClH.3HI.V/c1-12(8-13-10-14-9-12)7-11-5-3-2-4-6-11;8-6-7-4-2-1-3-5-7;1-5-2-6-4-7-3-5;1-2;;;;;;/h2-6H,7-10H2,1H3;1-5H,6H2;2-4H2,1H3;1H3;1H4;4*1H;/q+1;;;;;;;;;+3/p-4. The Bertz CT molecular complexity index is 718. The van der Waals surface area contributed by atoms with Crippen molar-refractivity contribution in [2.24, 2.45) is 0 Å². The summed E-state index contributed by atoms with van der Waals surface area (Å²) in [5.74, 6) is 5.55. The molecular formula is C24H39Cl2I4N2S4V. The number of rotatable bonds is 3. The molecule has 0 aromatic heterocycles. The van der Waals surface area contributed by atoms with Gasteiger partial charge in [0.05, 0.1) is 7.05 Å². The van der Waals surface area contributed by atoms with E-state index in [4.69, 9.17) is 11.6 Å². The molecule has 0 amide bonds. The van der Waals surface area contributed by atoms with Gasteiger partial charge in [-0.15, -0.1) is 35.1 Å². The van der Waals surface area contributed by atoms with Gasteiger partial charge in [0.1, 0.15) is 18.3 Å². The van der Waals surface area contributed by atoms with Crippen LogP contribution in [0.5, 0.6) is 0 Å². The second kappa shape index (κ2) is 31.3. The predicted octanol–water partition coefficient (Wildman–Crippen LogP) is 8.03. The van der Waals surface area contributed by atoms with Crippen molar-refractivity contribution in [3.05, 3.63) is 71.8 Å². The first-order chi connectivity index (χ1) is 16.8. The Hall–Kier alpha value is 3.84. The number of halogens is 6. The van der Waals surface area contributed by atoms with Crippen LogP contribution < -0.4 is 12.4 Å². The molecule has 2 fully saturated rings. The average Bonchev–Trinajstić information content (AvgIpc) is 2.87. The monoisotopic (exact) mass is 1110 g/mol. The molecule has 0 unspecified atom stereocenters. The summed E-state index contributed by atoms with van der Waals surface area (Å²) in [6, 6.07) is 20.8. The third-order valence-corrected chi connectivity index (χ3v) is 10.0. The van der Waals surface area contributed by atoms with Crippen molar-refractivity contribution in [1.82, 2.24) is 4.90 Å². The second-order valence-electron chi connectivity index (χ2n) is 7.50. The van der Waals surface area contributed by atoms with E-state index in [1.807, 2.05) is 58.8 Å². The van der Waals surface area contributed by atoms with E-state index in [2.05, 4.69) is 155 Å². The minimum absolute atomic E-state index is 0. The summed E-state index contributed by atoms with van der Waals surface area (Å²) >= 11 is 23.2. The van der Waals surface area contributed by atoms with E-state index in [0.717, 1.165) is 0 Å². The van der Waals surface area contributed by atoms with Gasteiger partial charge in [-0.05, 0) is 17.5 Å². The third kappa shape index (κ3) is 28.4. The number of quaternary nitrogens is 1. The van der Waals surface area contributed by atoms with Gasteiger partial charge in [0.15, 0.2) is 0 Å². The molecule has 37 heavy (non-hydrogen) atoms. The van der Waals surface area contributed by atoms with Crippen LogP contribution in [0.25, 0.3) is 0 Å². The molecule has 4 rings (SSSR count). The minimum atomic E-state index is -0.278. The first-order valence-electron chi connectivity index (χ1n) is 10.5. The van der Waals surface area contributed by atoms with E-state index >= 15 is 0 Å². The molecule has 0 N–H and O–H groups in total. The third-order valence-electron chi connectivity index (χ3n) is 4.17. The van der Waals surface area contributed by atoms with Crippen molar-refractivity contribution in [2.75, 3.05) is 52.7 Å². The van der Waals surface area contributed by atoms with Gasteiger partial charge in [0, 0.05) is 33.4 Å². The Morgan fingerprint density at radius 2 is 1.19 bits per heavy atom. The number of benzene rings is 2. The van der Waals surface area contributed by atoms with E-state index in [1.54, 1.807) is 0 Å². The molecule has 0 atom stereocenters. The van der Waals surface area contributed by atoms with Crippen molar-refractivity contribution in [1.29, 1.82) is 0 Å². The van der Waals surface area contributed by atoms with Crippen LogP contribution in [-0.4, -0.2) is 62.1 Å². The average molecular weight is 1110 g/mol. The zero-order valence-electron chi connectivity index (χ0n) is 20.7. The van der Waals surface area contributed by atoms with E-state index < -0.39 is 0 Å². The fourth-order valence-corrected chi connectivity index (χ4v) is 7.37. The summed E-state index contributed by atoms with van der Waals surface area (Å²) < 4.78 is 1.17. The van der Waals surface area contributed by atoms with E-state index in [9.17, 15) is 0 Å². The summed E-state index contributed by atoms with van der Waals surface area (Å²) in [6.45, 7) is 1.17. The van der Waals surface area contributed by atoms with Crippen LogP contribution in [0.2, 0.25) is 0 Å². The van der Waals surface area contributed by atoms with Crippen LogP contribution in [0.1, 0.15) is 18.6 Å². The Kier molecular flexibility index (Phi) is 38.3. The molecule has 216 valence electrons. The zero-order chi connectivity index (χ0) is 26.4. The molecule has 2 aromatic rings. The number of thioether (sulfide) groups is 4. The Balaban J connectivity index is -0.000000435. The molecule has 2 aliphatic rings. The molecule has 0 bridgehead atoms. The topological polar surface area (TPSA) is 3.24 Å². The van der Waals surface area contributed by atoms with Crippen LogP contribution in [0.4, 0.5) is 0 Å². The van der Waals surface area contributed by atoms with Crippen LogP contribution in [0.3, 0.4) is 0 Å². The molecule has 13 heteroatoms. The fraction of sp³-hybridized carbons (Fsp3) is 0.500. The van der Waals surface area contributed by atoms with Gasteiger partial charge >= 0.3 is 64.9 Å². The van der Waals surface area contributed by atoms with Gasteiger partial charge in [0.25, 0.3) is 0 Å². The van der Waals surface area contributed by atoms with E-state index in [0.29, 0.717) is 5.88 Å². The molecule has 0 aliphatic carbocycles. The first-order valence-corrected chi connectivity index (χ1v) is 31.3. The van der Waals surface area contributed by atoms with Crippen LogP contribution in [0.15, 0.2) is 60.7 Å². The summed E-state index contributed by atoms with van der Waals surface area (Å²) in [6.07, 6.45) is 0. The van der Waals surface area contributed by atoms with Crippen LogP contribution >= 0.6 is 141 Å². The molecule has 2 saturated heterocycles. The van der Waals surface area contributed by atoms with Crippen molar-refractivity contribution in [2.45, 2.75) is 19.9 Å². The first kappa shape index (κ1) is 45.3. The maximum absolute atomic E-state index is 5.53. The van der Waals surface area contributed by atoms with Gasteiger partial charge in [-0.2, -0.15) is 0 Å². The molecular weight excluding hydrogens is 1070 g/mol. The number of alkyl halides is 2. The quantitative estimate of drug-likeness (QED) is 0.174. The van der Waals surface area contributed by atoms with Crippen LogP contribution in [0, 0.1) is 0 Å². The summed E-state index contributed by atoms with van der Waals surface area (Å²) in [5, 5.41) is 2.55. The van der Waals surface area contributed by atoms with Gasteiger partial charge in [-0.1, -0.05) is 114 Å². The molecule has 0 saturated carbocycles. The van der Waals surface area contributed by atoms with Gasteiger partial charge < -0.3 is 16.9 Å². The summed E-state index contributed by atoms with van der Waals surface area (Å²) in [4.78, 5) is 4.01. The zero-order valence-corrected chi connectivity index (χ0v) is 35.5. The van der Waals surface area contributed by atoms with Crippen LogP contribution in [-0.2, 0) is 17.3 Å². The molecule has 2 nitrogen and oxygen atoms in total. The van der Waals surface area contributed by atoms with Crippen molar-refractivity contribution in [3.8, 4) is 0 Å². The number of nitrogens with zero attached hydrogens (tertiary/aromatic N) is 2. The Morgan fingerprint density at radius 1 is 0.811 bits per heavy atom. The summed E-state index contributed by atoms with van der Waals surface area (Å²) in [5.41, 5.74) is 2.63. The molecule has 2 heterocycles. The fourth-order valence-electron chi connectivity index (χ4n) is 2.78. The normalized spacial score (nSPS) is 15.7. The van der Waals surface area contributed by atoms with E-state index in [-0.39, 0.29) is 24.8 Å². The number of hydrogen-bond acceptors (Lipinski definition) is 5. The predicted molar refractivity (Wildman–Crippen MR) is 208 cm³/mol. The maximum atomic E-state index is 5.53. The van der Waals surface area contributed by atoms with Crippen molar-refractivity contribution < 1.29 is 21.8 Å². The van der Waals surface area contributed by atoms with Crippen molar-refractivity contribution >= 4 is 141 Å². The SMILES string of the molecule is C.CI.CN1CSCSC1.C[N+]1(Cc2ccccc2)CSCSC1.ClCc1ccccc1.[Cl-].[I][V]([I])[I]. The van der Waals surface area contributed by atoms with Crippen molar-refractivity contribution in [3.63, 3.8) is 0 Å². The molecule has 0 radical (unpaired) electrons.